The Bertz CT molecular complexity index is 386. The van der Waals surface area contributed by atoms with Crippen molar-refractivity contribution in [3.8, 4) is 0 Å². The van der Waals surface area contributed by atoms with Crippen LogP contribution in [0.4, 0.5) is 5.82 Å². The maximum atomic E-state index is 12.2. The third kappa shape index (κ3) is 2.94. The molecule has 0 atom stereocenters. The maximum absolute atomic E-state index is 12.2. The second kappa shape index (κ2) is 5.14. The zero-order chi connectivity index (χ0) is 12.3. The number of aromatic nitrogens is 1. The zero-order valence-corrected chi connectivity index (χ0v) is 10.0. The summed E-state index contributed by atoms with van der Waals surface area (Å²) in [4.78, 5) is 18.1. The van der Waals surface area contributed by atoms with Crippen molar-refractivity contribution in [2.24, 2.45) is 11.8 Å². The van der Waals surface area contributed by atoms with E-state index in [1.807, 2.05) is 11.8 Å². The van der Waals surface area contributed by atoms with E-state index in [2.05, 4.69) is 10.4 Å². The third-order valence-electron chi connectivity index (χ3n) is 3.00. The molecule has 0 bridgehead atoms. The van der Waals surface area contributed by atoms with Gasteiger partial charge in [0, 0.05) is 19.3 Å². The largest absolute Gasteiger partial charge is 0.339 e. The summed E-state index contributed by atoms with van der Waals surface area (Å²) in [6, 6.07) is 3.46. The summed E-state index contributed by atoms with van der Waals surface area (Å²) in [7, 11) is 0. The summed E-state index contributed by atoms with van der Waals surface area (Å²) in [5, 5.41) is 0. The van der Waals surface area contributed by atoms with Gasteiger partial charge in [-0.1, -0.05) is 0 Å². The van der Waals surface area contributed by atoms with Crippen LogP contribution in [0.5, 0.6) is 0 Å². The molecule has 1 heterocycles. The van der Waals surface area contributed by atoms with Crippen molar-refractivity contribution in [1.82, 2.24) is 9.88 Å². The van der Waals surface area contributed by atoms with Crippen LogP contribution in [0.1, 0.15) is 30.1 Å². The monoisotopic (exact) mass is 234 g/mol. The number of nitrogens with one attached hydrogen (secondary N) is 1. The molecule has 1 fully saturated rings. The summed E-state index contributed by atoms with van der Waals surface area (Å²) < 4.78 is 0. The third-order valence-corrected chi connectivity index (χ3v) is 3.00. The number of amides is 1. The van der Waals surface area contributed by atoms with Crippen molar-refractivity contribution in [1.29, 1.82) is 0 Å². The molecule has 1 aliphatic carbocycles. The molecule has 1 saturated carbocycles. The first-order valence-corrected chi connectivity index (χ1v) is 5.96. The minimum atomic E-state index is 0.0514. The molecule has 5 nitrogen and oxygen atoms in total. The first kappa shape index (κ1) is 11.9. The molecule has 92 valence electrons. The van der Waals surface area contributed by atoms with Gasteiger partial charge < -0.3 is 10.3 Å². The van der Waals surface area contributed by atoms with Gasteiger partial charge in [-0.15, -0.1) is 0 Å². The lowest BCUT2D eigenvalue weighted by Crippen LogP contribution is -2.32. The fourth-order valence-corrected chi connectivity index (χ4v) is 1.76. The topological polar surface area (TPSA) is 71.2 Å². The average Bonchev–Trinajstić information content (AvgIpc) is 3.19. The summed E-state index contributed by atoms with van der Waals surface area (Å²) in [6.07, 6.45) is 4.06. The predicted octanol–water partition coefficient (Wildman–Crippen LogP) is 1.24. The van der Waals surface area contributed by atoms with E-state index in [-0.39, 0.29) is 5.91 Å². The van der Waals surface area contributed by atoms with E-state index in [1.165, 1.54) is 12.8 Å². The highest BCUT2D eigenvalue weighted by molar-refractivity contribution is 5.94. The standard InChI is InChI=1S/C12H18N4O/c1-2-16(8-9-3-4-9)12(17)10-5-6-11(15-13)14-7-10/h5-7,9H,2-4,8,13H2,1H3,(H,14,15). The van der Waals surface area contributed by atoms with Gasteiger partial charge in [-0.25, -0.2) is 10.8 Å². The van der Waals surface area contributed by atoms with E-state index < -0.39 is 0 Å². The summed E-state index contributed by atoms with van der Waals surface area (Å²) in [5.74, 6) is 6.55. The first-order valence-electron chi connectivity index (χ1n) is 5.96. The molecule has 1 aromatic rings. The molecule has 1 amide bonds. The molecule has 0 spiro atoms. The highest BCUT2D eigenvalue weighted by Crippen LogP contribution is 2.30. The summed E-state index contributed by atoms with van der Waals surface area (Å²) in [6.45, 7) is 3.61. The van der Waals surface area contributed by atoms with Crippen molar-refractivity contribution in [3.63, 3.8) is 0 Å². The number of hydrogen-bond acceptors (Lipinski definition) is 4. The number of nitrogen functional groups attached to an aromatic ring is 1. The van der Waals surface area contributed by atoms with Crippen molar-refractivity contribution in [2.45, 2.75) is 19.8 Å². The summed E-state index contributed by atoms with van der Waals surface area (Å²) >= 11 is 0. The van der Waals surface area contributed by atoms with Crippen LogP contribution in [0.2, 0.25) is 0 Å². The van der Waals surface area contributed by atoms with Crippen LogP contribution in [0.3, 0.4) is 0 Å². The minimum Gasteiger partial charge on any atom is -0.339 e. The molecule has 3 N–H and O–H groups in total. The first-order chi connectivity index (χ1) is 8.24. The zero-order valence-electron chi connectivity index (χ0n) is 10.0. The van der Waals surface area contributed by atoms with E-state index in [0.29, 0.717) is 17.3 Å². The Labute approximate surface area is 101 Å². The van der Waals surface area contributed by atoms with Crippen LogP contribution in [-0.4, -0.2) is 28.9 Å². The number of hydrogen-bond donors (Lipinski definition) is 2. The molecule has 5 heteroatoms. The normalized spacial score (nSPS) is 14.5. The van der Waals surface area contributed by atoms with Crippen molar-refractivity contribution >= 4 is 11.7 Å². The predicted molar refractivity (Wildman–Crippen MR) is 66.3 cm³/mol. The fraction of sp³-hybridized carbons (Fsp3) is 0.500. The highest BCUT2D eigenvalue weighted by atomic mass is 16.2. The number of anilines is 1. The Balaban J connectivity index is 2.04. The number of nitrogens with zero attached hydrogens (tertiary/aromatic N) is 2. The van der Waals surface area contributed by atoms with Crippen LogP contribution in [0.15, 0.2) is 18.3 Å². The van der Waals surface area contributed by atoms with Crippen LogP contribution in [0, 0.1) is 5.92 Å². The number of nitrogens with two attached hydrogens (primary N) is 1. The van der Waals surface area contributed by atoms with Gasteiger partial charge in [0.1, 0.15) is 5.82 Å². The lowest BCUT2D eigenvalue weighted by atomic mass is 10.2. The Morgan fingerprint density at radius 2 is 2.35 bits per heavy atom. The second-order valence-corrected chi connectivity index (χ2v) is 4.36. The van der Waals surface area contributed by atoms with Gasteiger partial charge in [-0.05, 0) is 37.8 Å². The van der Waals surface area contributed by atoms with E-state index in [4.69, 9.17) is 5.84 Å². The molecule has 0 saturated heterocycles. The van der Waals surface area contributed by atoms with Gasteiger partial charge in [0.25, 0.3) is 5.91 Å². The summed E-state index contributed by atoms with van der Waals surface area (Å²) in [5.41, 5.74) is 3.06. The fourth-order valence-electron chi connectivity index (χ4n) is 1.76. The van der Waals surface area contributed by atoms with E-state index >= 15 is 0 Å². The molecule has 0 aliphatic heterocycles. The molecule has 1 aromatic heterocycles. The average molecular weight is 234 g/mol. The van der Waals surface area contributed by atoms with Gasteiger partial charge in [-0.2, -0.15) is 0 Å². The molecular weight excluding hydrogens is 216 g/mol. The molecule has 1 aliphatic rings. The van der Waals surface area contributed by atoms with E-state index in [1.54, 1.807) is 18.3 Å². The van der Waals surface area contributed by atoms with Gasteiger partial charge in [0.2, 0.25) is 0 Å². The van der Waals surface area contributed by atoms with Crippen LogP contribution in [-0.2, 0) is 0 Å². The van der Waals surface area contributed by atoms with Gasteiger partial charge in [0.05, 0.1) is 5.56 Å². The number of carbonyl (C=O) groups is 1. The van der Waals surface area contributed by atoms with Crippen LogP contribution >= 0.6 is 0 Å². The Kier molecular flexibility index (Phi) is 3.58. The molecule has 0 aromatic carbocycles. The number of rotatable bonds is 5. The van der Waals surface area contributed by atoms with Crippen molar-refractivity contribution in [2.75, 3.05) is 18.5 Å². The Morgan fingerprint density at radius 3 is 2.82 bits per heavy atom. The molecule has 17 heavy (non-hydrogen) atoms. The smallest absolute Gasteiger partial charge is 0.255 e. The van der Waals surface area contributed by atoms with Crippen LogP contribution < -0.4 is 11.3 Å². The Morgan fingerprint density at radius 1 is 1.59 bits per heavy atom. The Hall–Kier alpha value is -1.62. The highest BCUT2D eigenvalue weighted by Gasteiger charge is 2.26. The molecule has 0 radical (unpaired) electrons. The maximum Gasteiger partial charge on any atom is 0.255 e. The van der Waals surface area contributed by atoms with Gasteiger partial charge in [-0.3, -0.25) is 4.79 Å². The molecular formula is C12H18N4O. The lowest BCUT2D eigenvalue weighted by Gasteiger charge is -2.20. The van der Waals surface area contributed by atoms with E-state index in [0.717, 1.165) is 13.1 Å². The van der Waals surface area contributed by atoms with Gasteiger partial charge in [0.15, 0.2) is 0 Å². The van der Waals surface area contributed by atoms with Crippen molar-refractivity contribution < 1.29 is 4.79 Å². The second-order valence-electron chi connectivity index (χ2n) is 4.36. The van der Waals surface area contributed by atoms with E-state index in [9.17, 15) is 4.79 Å². The number of hydrazine groups is 1. The molecule has 0 unspecified atom stereocenters. The number of pyridine rings is 1. The molecule has 2 rings (SSSR count). The quantitative estimate of drug-likeness (QED) is 0.594. The van der Waals surface area contributed by atoms with Gasteiger partial charge >= 0.3 is 0 Å². The minimum absolute atomic E-state index is 0.0514. The SMILES string of the molecule is CCN(CC1CC1)C(=O)c1ccc(NN)nc1. The lowest BCUT2D eigenvalue weighted by molar-refractivity contribution is 0.0756. The van der Waals surface area contributed by atoms with Crippen LogP contribution in [0.25, 0.3) is 0 Å². The van der Waals surface area contributed by atoms with Crippen molar-refractivity contribution in [3.05, 3.63) is 23.9 Å². The number of carbonyl (C=O) groups excluding carboxylic acids is 1.